The second kappa shape index (κ2) is 12.1. The van der Waals surface area contributed by atoms with Crippen molar-refractivity contribution in [2.24, 2.45) is 5.10 Å². The number of fused-ring (bicyclic) bond motifs is 1. The summed E-state index contributed by atoms with van der Waals surface area (Å²) in [6.07, 6.45) is 1.40. The van der Waals surface area contributed by atoms with Crippen LogP contribution in [0.2, 0.25) is 10.0 Å². The van der Waals surface area contributed by atoms with E-state index in [1.807, 2.05) is 43.3 Å². The van der Waals surface area contributed by atoms with E-state index in [4.69, 9.17) is 32.7 Å². The number of H-pyrrole nitrogens is 1. The van der Waals surface area contributed by atoms with Crippen LogP contribution in [-0.2, 0) is 0 Å². The number of hydrogen-bond donors (Lipinski definition) is 2. The van der Waals surface area contributed by atoms with Crippen LogP contribution in [0.5, 0.6) is 11.5 Å². The van der Waals surface area contributed by atoms with Gasteiger partial charge in [0.2, 0.25) is 0 Å². The molecule has 0 saturated carbocycles. The van der Waals surface area contributed by atoms with Gasteiger partial charge in [0.25, 0.3) is 5.91 Å². The highest BCUT2D eigenvalue weighted by Gasteiger charge is 2.21. The predicted molar refractivity (Wildman–Crippen MR) is 158 cm³/mol. The number of ether oxygens (including phenoxy) is 2. The minimum Gasteiger partial charge on any atom is -0.494 e. The quantitative estimate of drug-likeness (QED) is 0.0871. The van der Waals surface area contributed by atoms with Gasteiger partial charge in [0.1, 0.15) is 17.2 Å². The molecular formula is C31H23Cl2N3O4. The number of nitrogens with one attached hydrogen (secondary N) is 2. The molecule has 0 bridgehead atoms. The Balaban J connectivity index is 1.43. The number of carbonyl (C=O) groups excluding carboxylic acids is 2. The Kier molecular flexibility index (Phi) is 8.15. The van der Waals surface area contributed by atoms with Crippen molar-refractivity contribution in [3.8, 4) is 22.6 Å². The van der Waals surface area contributed by atoms with E-state index in [9.17, 15) is 9.59 Å². The molecule has 0 saturated heterocycles. The third-order valence-electron chi connectivity index (χ3n) is 6.04. The van der Waals surface area contributed by atoms with Crippen LogP contribution >= 0.6 is 23.2 Å². The number of hydrazone groups is 1. The first kappa shape index (κ1) is 27.0. The lowest BCUT2D eigenvalue weighted by atomic mass is 10.0. The first-order valence-corrected chi connectivity index (χ1v) is 13.1. The zero-order valence-corrected chi connectivity index (χ0v) is 22.8. The molecule has 5 rings (SSSR count). The Morgan fingerprint density at radius 1 is 0.925 bits per heavy atom. The topological polar surface area (TPSA) is 92.8 Å². The zero-order valence-electron chi connectivity index (χ0n) is 21.3. The molecule has 7 nitrogen and oxygen atoms in total. The van der Waals surface area contributed by atoms with Gasteiger partial charge in [0.15, 0.2) is 0 Å². The smallest absolute Gasteiger partial charge is 0.345 e. The van der Waals surface area contributed by atoms with Gasteiger partial charge in [-0.3, -0.25) is 4.79 Å². The maximum Gasteiger partial charge on any atom is 0.345 e. The first-order valence-electron chi connectivity index (χ1n) is 12.4. The molecule has 9 heteroatoms. The molecular weight excluding hydrogens is 549 g/mol. The van der Waals surface area contributed by atoms with Crippen LogP contribution in [0, 0.1) is 0 Å². The van der Waals surface area contributed by atoms with Crippen LogP contribution in [0.4, 0.5) is 0 Å². The van der Waals surface area contributed by atoms with Crippen molar-refractivity contribution < 1.29 is 19.1 Å². The molecule has 1 aromatic heterocycles. The van der Waals surface area contributed by atoms with E-state index in [1.54, 1.807) is 54.6 Å². The van der Waals surface area contributed by atoms with E-state index >= 15 is 0 Å². The van der Waals surface area contributed by atoms with E-state index < -0.39 is 11.9 Å². The molecule has 0 aliphatic rings. The molecule has 200 valence electrons. The third kappa shape index (κ3) is 5.71. The number of benzene rings is 4. The Labute approximate surface area is 240 Å². The summed E-state index contributed by atoms with van der Waals surface area (Å²) < 4.78 is 11.2. The number of halogens is 2. The molecule has 0 radical (unpaired) electrons. The second-order valence-electron chi connectivity index (χ2n) is 8.60. The molecule has 2 N–H and O–H groups in total. The number of rotatable bonds is 8. The summed E-state index contributed by atoms with van der Waals surface area (Å²) in [5.41, 5.74) is 5.62. The molecule has 0 spiro atoms. The average molecular weight is 572 g/mol. The van der Waals surface area contributed by atoms with Gasteiger partial charge in [0, 0.05) is 32.6 Å². The van der Waals surface area contributed by atoms with Crippen LogP contribution in [0.25, 0.3) is 22.0 Å². The summed E-state index contributed by atoms with van der Waals surface area (Å²) in [6, 6.07) is 26.3. The van der Waals surface area contributed by atoms with Gasteiger partial charge in [-0.15, -0.1) is 0 Å². The lowest BCUT2D eigenvalue weighted by Crippen LogP contribution is -2.19. The van der Waals surface area contributed by atoms with Gasteiger partial charge in [-0.1, -0.05) is 65.7 Å². The fourth-order valence-corrected chi connectivity index (χ4v) is 4.66. The summed E-state index contributed by atoms with van der Waals surface area (Å²) in [5.74, 6) is -0.151. The number of esters is 1. The molecule has 1 amide bonds. The van der Waals surface area contributed by atoms with Crippen LogP contribution in [0.1, 0.15) is 33.3 Å². The summed E-state index contributed by atoms with van der Waals surface area (Å²) in [4.78, 5) is 29.2. The lowest BCUT2D eigenvalue weighted by molar-refractivity contribution is 0.0734. The Morgan fingerprint density at radius 3 is 2.42 bits per heavy atom. The van der Waals surface area contributed by atoms with E-state index in [0.29, 0.717) is 34.1 Å². The summed E-state index contributed by atoms with van der Waals surface area (Å²) in [6.45, 7) is 2.41. The van der Waals surface area contributed by atoms with Crippen LogP contribution in [-0.4, -0.2) is 29.7 Å². The van der Waals surface area contributed by atoms with Crippen LogP contribution in [0.3, 0.4) is 0 Å². The maximum absolute atomic E-state index is 13.4. The summed E-state index contributed by atoms with van der Waals surface area (Å²) in [5, 5.41) is 5.69. The molecule has 40 heavy (non-hydrogen) atoms. The molecule has 5 aromatic rings. The Hall–Kier alpha value is -4.59. The van der Waals surface area contributed by atoms with Gasteiger partial charge in [0.05, 0.1) is 23.4 Å². The second-order valence-corrected chi connectivity index (χ2v) is 9.42. The van der Waals surface area contributed by atoms with E-state index in [0.717, 1.165) is 10.9 Å². The van der Waals surface area contributed by atoms with Gasteiger partial charge in [-0.05, 0) is 55.5 Å². The monoisotopic (exact) mass is 571 g/mol. The molecule has 1 heterocycles. The fourth-order valence-electron chi connectivity index (χ4n) is 4.22. The van der Waals surface area contributed by atoms with E-state index in [-0.39, 0.29) is 22.0 Å². The highest BCUT2D eigenvalue weighted by Crippen LogP contribution is 2.38. The Bertz CT molecular complexity index is 1750. The van der Waals surface area contributed by atoms with Gasteiger partial charge < -0.3 is 14.5 Å². The number of aromatic amines is 1. The van der Waals surface area contributed by atoms with Gasteiger partial charge in [-0.25, -0.2) is 10.2 Å². The molecule has 0 unspecified atom stereocenters. The van der Waals surface area contributed by atoms with Crippen molar-refractivity contribution in [3.63, 3.8) is 0 Å². The molecule has 0 aliphatic carbocycles. The van der Waals surface area contributed by atoms with Crippen LogP contribution in [0.15, 0.2) is 96.1 Å². The number of amides is 1. The highest BCUT2D eigenvalue weighted by molar-refractivity contribution is 6.34. The maximum atomic E-state index is 13.4. The van der Waals surface area contributed by atoms with Crippen molar-refractivity contribution in [2.75, 3.05) is 6.61 Å². The molecule has 0 aliphatic heterocycles. The zero-order chi connectivity index (χ0) is 28.1. The van der Waals surface area contributed by atoms with Crippen molar-refractivity contribution in [3.05, 3.63) is 118 Å². The van der Waals surface area contributed by atoms with Crippen molar-refractivity contribution in [1.29, 1.82) is 0 Å². The standard InChI is InChI=1S/C31H23Cl2N3O4/c1-2-39-20-15-16-26-23(17-20)28(21-10-4-6-12-24(21)32)29(35-26)30(37)36-34-18-19-9-3-8-14-27(19)40-31(38)22-11-5-7-13-25(22)33/h3-18,35H,2H2,1H3,(H,36,37). The molecule has 0 fully saturated rings. The fraction of sp³-hybridized carbons (Fsp3) is 0.0645. The normalized spacial score (nSPS) is 11.1. The highest BCUT2D eigenvalue weighted by atomic mass is 35.5. The molecule has 4 aromatic carbocycles. The van der Waals surface area contributed by atoms with E-state index in [2.05, 4.69) is 15.5 Å². The first-order chi connectivity index (χ1) is 19.5. The predicted octanol–water partition coefficient (Wildman–Crippen LogP) is 7.52. The summed E-state index contributed by atoms with van der Waals surface area (Å²) in [7, 11) is 0. The van der Waals surface area contributed by atoms with Crippen LogP contribution < -0.4 is 14.9 Å². The number of hydrogen-bond acceptors (Lipinski definition) is 5. The SMILES string of the molecule is CCOc1ccc2[nH]c(C(=O)NN=Cc3ccccc3OC(=O)c3ccccc3Cl)c(-c3ccccc3Cl)c2c1. The number of para-hydroxylation sites is 1. The minimum absolute atomic E-state index is 0.239. The Morgan fingerprint density at radius 2 is 1.65 bits per heavy atom. The lowest BCUT2D eigenvalue weighted by Gasteiger charge is -2.09. The molecule has 0 atom stereocenters. The van der Waals surface area contributed by atoms with Gasteiger partial charge in [-0.2, -0.15) is 5.10 Å². The van der Waals surface area contributed by atoms with Gasteiger partial charge >= 0.3 is 5.97 Å². The minimum atomic E-state index is -0.607. The average Bonchev–Trinajstić information content (AvgIpc) is 3.33. The van der Waals surface area contributed by atoms with Crippen molar-refractivity contribution in [1.82, 2.24) is 10.4 Å². The number of nitrogens with zero attached hydrogens (tertiary/aromatic N) is 1. The number of carbonyl (C=O) groups is 2. The summed E-state index contributed by atoms with van der Waals surface area (Å²) >= 11 is 12.7. The van der Waals surface area contributed by atoms with Crippen molar-refractivity contribution >= 4 is 52.2 Å². The third-order valence-corrected chi connectivity index (χ3v) is 6.70. The van der Waals surface area contributed by atoms with E-state index in [1.165, 1.54) is 6.21 Å². The van der Waals surface area contributed by atoms with Crippen molar-refractivity contribution in [2.45, 2.75) is 6.92 Å². The number of aromatic nitrogens is 1. The largest absolute Gasteiger partial charge is 0.494 e.